The van der Waals surface area contributed by atoms with Gasteiger partial charge in [0.25, 0.3) is 5.78 Å². The molecule has 0 amide bonds. The summed E-state index contributed by atoms with van der Waals surface area (Å²) in [5.41, 5.74) is 3.78. The molecule has 5 heteroatoms. The maximum Gasteiger partial charge on any atom is 0.253 e. The fraction of sp³-hybridized carbons (Fsp3) is 0.105. The third-order valence-electron chi connectivity index (χ3n) is 3.89. The van der Waals surface area contributed by atoms with E-state index in [2.05, 4.69) is 70.5 Å². The number of nitrogens with zero attached hydrogens (tertiary/aromatic N) is 4. The van der Waals surface area contributed by atoms with E-state index in [0.717, 1.165) is 5.16 Å². The van der Waals surface area contributed by atoms with Crippen molar-refractivity contribution in [2.24, 2.45) is 0 Å². The molecule has 0 aliphatic rings. The Hall–Kier alpha value is -2.66. The molecule has 0 spiro atoms. The van der Waals surface area contributed by atoms with E-state index in [0.29, 0.717) is 5.78 Å². The number of benzene rings is 2. The van der Waals surface area contributed by atoms with Gasteiger partial charge in [-0.15, -0.1) is 5.10 Å². The van der Waals surface area contributed by atoms with E-state index < -0.39 is 0 Å². The van der Waals surface area contributed by atoms with Gasteiger partial charge in [-0.2, -0.15) is 4.98 Å². The molecule has 118 valence electrons. The van der Waals surface area contributed by atoms with E-state index in [1.807, 2.05) is 18.3 Å². The predicted molar refractivity (Wildman–Crippen MR) is 96.1 cm³/mol. The Morgan fingerprint density at radius 1 is 0.958 bits per heavy atom. The molecule has 0 saturated carbocycles. The molecule has 4 nitrogen and oxygen atoms in total. The molecule has 4 rings (SSSR count). The van der Waals surface area contributed by atoms with E-state index in [-0.39, 0.29) is 5.25 Å². The van der Waals surface area contributed by atoms with Gasteiger partial charge >= 0.3 is 0 Å². The number of fused-ring (bicyclic) bond motifs is 1. The molecular formula is C19H16N4S. The molecule has 0 aliphatic carbocycles. The molecule has 0 fully saturated rings. The first kappa shape index (κ1) is 14.9. The van der Waals surface area contributed by atoms with Gasteiger partial charge < -0.3 is 0 Å². The van der Waals surface area contributed by atoms with Gasteiger partial charge in [0, 0.05) is 12.4 Å². The van der Waals surface area contributed by atoms with Crippen LogP contribution in [0.2, 0.25) is 0 Å². The molecule has 0 unspecified atom stereocenters. The fourth-order valence-electron chi connectivity index (χ4n) is 2.69. The average molecular weight is 332 g/mol. The molecule has 2 aromatic carbocycles. The van der Waals surface area contributed by atoms with Crippen LogP contribution >= 0.6 is 11.8 Å². The van der Waals surface area contributed by atoms with Crippen LogP contribution < -0.4 is 0 Å². The van der Waals surface area contributed by atoms with Crippen molar-refractivity contribution in [1.82, 2.24) is 19.6 Å². The van der Waals surface area contributed by atoms with Crippen LogP contribution in [0.1, 0.15) is 21.9 Å². The summed E-state index contributed by atoms with van der Waals surface area (Å²) in [5, 5.41) is 5.41. The summed E-state index contributed by atoms with van der Waals surface area (Å²) in [4.78, 5) is 8.79. The first-order valence-electron chi connectivity index (χ1n) is 7.76. The topological polar surface area (TPSA) is 43.1 Å². The molecule has 0 bridgehead atoms. The lowest BCUT2D eigenvalue weighted by Crippen LogP contribution is -2.00. The van der Waals surface area contributed by atoms with Gasteiger partial charge in [-0.1, -0.05) is 66.4 Å². The first-order valence-corrected chi connectivity index (χ1v) is 8.64. The second-order valence-electron chi connectivity index (χ2n) is 5.52. The van der Waals surface area contributed by atoms with Gasteiger partial charge in [0.15, 0.2) is 0 Å². The number of rotatable bonds is 4. The maximum absolute atomic E-state index is 4.54. The fourth-order valence-corrected chi connectivity index (χ4v) is 3.85. The Balaban J connectivity index is 1.77. The van der Waals surface area contributed by atoms with E-state index >= 15 is 0 Å². The molecule has 0 aliphatic heterocycles. The summed E-state index contributed by atoms with van der Waals surface area (Å²) < 4.78 is 1.71. The highest BCUT2D eigenvalue weighted by molar-refractivity contribution is 7.99. The zero-order valence-corrected chi connectivity index (χ0v) is 14.0. The van der Waals surface area contributed by atoms with Gasteiger partial charge in [-0.05, 0) is 29.7 Å². The summed E-state index contributed by atoms with van der Waals surface area (Å²) in [6.07, 6.45) is 3.60. The monoisotopic (exact) mass is 332 g/mol. The second-order valence-corrected chi connectivity index (χ2v) is 6.60. The molecule has 24 heavy (non-hydrogen) atoms. The summed E-state index contributed by atoms with van der Waals surface area (Å²) in [6, 6.07) is 20.8. The summed E-state index contributed by atoms with van der Waals surface area (Å²) in [5.74, 6) is 0.622. The second kappa shape index (κ2) is 6.45. The third kappa shape index (κ3) is 2.90. The lowest BCUT2D eigenvalue weighted by Gasteiger charge is -2.18. The van der Waals surface area contributed by atoms with Gasteiger partial charge in [0.2, 0.25) is 5.16 Å². The highest BCUT2D eigenvalue weighted by Crippen LogP contribution is 2.40. The molecule has 0 N–H and O–H groups in total. The number of aromatic nitrogens is 4. The van der Waals surface area contributed by atoms with Crippen LogP contribution in [0.25, 0.3) is 5.78 Å². The van der Waals surface area contributed by atoms with E-state index in [4.69, 9.17) is 0 Å². The Kier molecular flexibility index (Phi) is 4.01. The van der Waals surface area contributed by atoms with Crippen molar-refractivity contribution in [1.29, 1.82) is 0 Å². The minimum Gasteiger partial charge on any atom is -0.220 e. The van der Waals surface area contributed by atoms with Crippen LogP contribution in [0.3, 0.4) is 0 Å². The van der Waals surface area contributed by atoms with Crippen LogP contribution in [0.4, 0.5) is 0 Å². The zero-order valence-electron chi connectivity index (χ0n) is 13.2. The highest BCUT2D eigenvalue weighted by Gasteiger charge is 2.20. The van der Waals surface area contributed by atoms with Crippen LogP contribution in [0, 0.1) is 6.92 Å². The number of hydrogen-bond donors (Lipinski definition) is 0. The third-order valence-corrected chi connectivity index (χ3v) is 5.04. The Labute approximate surface area is 144 Å². The molecular weight excluding hydrogens is 316 g/mol. The lowest BCUT2D eigenvalue weighted by molar-refractivity contribution is 0.876. The predicted octanol–water partition coefficient (Wildman–Crippen LogP) is 4.31. The van der Waals surface area contributed by atoms with Crippen LogP contribution in [-0.2, 0) is 0 Å². The van der Waals surface area contributed by atoms with Crippen molar-refractivity contribution in [3.63, 3.8) is 0 Å². The smallest absolute Gasteiger partial charge is 0.220 e. The average Bonchev–Trinajstić information content (AvgIpc) is 3.04. The van der Waals surface area contributed by atoms with E-state index in [1.165, 1.54) is 16.7 Å². The van der Waals surface area contributed by atoms with Crippen molar-refractivity contribution in [3.05, 3.63) is 89.7 Å². The normalized spacial score (nSPS) is 12.4. The van der Waals surface area contributed by atoms with Gasteiger partial charge in [0.1, 0.15) is 0 Å². The maximum atomic E-state index is 4.54. The van der Waals surface area contributed by atoms with Crippen LogP contribution in [-0.4, -0.2) is 19.6 Å². The summed E-state index contributed by atoms with van der Waals surface area (Å²) in [6.45, 7) is 2.14. The van der Waals surface area contributed by atoms with Crippen molar-refractivity contribution in [3.8, 4) is 0 Å². The van der Waals surface area contributed by atoms with Gasteiger partial charge in [-0.3, -0.25) is 0 Å². The molecule has 1 atom stereocenters. The number of hydrogen-bond acceptors (Lipinski definition) is 4. The number of aryl methyl sites for hydroxylation is 1. The lowest BCUT2D eigenvalue weighted by atomic mass is 10.0. The summed E-state index contributed by atoms with van der Waals surface area (Å²) in [7, 11) is 0. The Morgan fingerprint density at radius 2 is 1.75 bits per heavy atom. The van der Waals surface area contributed by atoms with Crippen molar-refractivity contribution in [2.45, 2.75) is 17.3 Å². The first-order chi connectivity index (χ1) is 11.8. The molecule has 0 radical (unpaired) electrons. The molecule has 2 aromatic heterocycles. The minimum absolute atomic E-state index is 0.143. The van der Waals surface area contributed by atoms with Crippen LogP contribution in [0.5, 0.6) is 0 Å². The van der Waals surface area contributed by atoms with E-state index in [1.54, 1.807) is 22.5 Å². The quantitative estimate of drug-likeness (QED) is 0.522. The number of thioether (sulfide) groups is 1. The largest absolute Gasteiger partial charge is 0.253 e. The molecule has 0 saturated heterocycles. The van der Waals surface area contributed by atoms with Crippen molar-refractivity contribution in [2.75, 3.05) is 0 Å². The van der Waals surface area contributed by atoms with E-state index in [9.17, 15) is 0 Å². The van der Waals surface area contributed by atoms with Gasteiger partial charge in [-0.25, -0.2) is 9.50 Å². The Morgan fingerprint density at radius 3 is 2.54 bits per heavy atom. The minimum atomic E-state index is 0.143. The highest BCUT2D eigenvalue weighted by atomic mass is 32.2. The molecule has 4 aromatic rings. The summed E-state index contributed by atoms with van der Waals surface area (Å²) >= 11 is 1.65. The van der Waals surface area contributed by atoms with Gasteiger partial charge in [0.05, 0.1) is 5.25 Å². The van der Waals surface area contributed by atoms with Crippen LogP contribution in [0.15, 0.2) is 78.2 Å². The van der Waals surface area contributed by atoms with Crippen molar-refractivity contribution >= 4 is 17.5 Å². The Bertz CT molecular complexity index is 932. The zero-order chi connectivity index (χ0) is 16.4. The standard InChI is InChI=1S/C19H16N4S/c1-14-8-5-6-11-16(14)17(15-9-3-2-4-10-15)24-19-21-18-20-12-7-13-23(18)22-19/h2-13,17H,1H3/t17-/m0/s1. The SMILES string of the molecule is Cc1ccccc1[C@@H](Sc1nc2ncccn2n1)c1ccccc1. The van der Waals surface area contributed by atoms with Crippen molar-refractivity contribution < 1.29 is 0 Å². The molecule has 2 heterocycles.